The van der Waals surface area contributed by atoms with Crippen LogP contribution >= 0.6 is 0 Å². The third kappa shape index (κ3) is 4.68. The first kappa shape index (κ1) is 28.3. The molecule has 1 saturated heterocycles. The van der Waals surface area contributed by atoms with Crippen molar-refractivity contribution in [3.8, 4) is 0 Å². The van der Waals surface area contributed by atoms with Crippen LogP contribution in [0, 0.1) is 11.6 Å². The minimum absolute atomic E-state index is 0.149. The maximum absolute atomic E-state index is 14.3. The molecular formula is C34H33F2N5O3. The number of amidine groups is 1. The zero-order valence-corrected chi connectivity index (χ0v) is 24.4. The summed E-state index contributed by atoms with van der Waals surface area (Å²) in [4.78, 5) is 46.9. The van der Waals surface area contributed by atoms with Crippen molar-refractivity contribution in [3.05, 3.63) is 101 Å². The van der Waals surface area contributed by atoms with Crippen LogP contribution in [0.5, 0.6) is 0 Å². The molecule has 10 heteroatoms. The third-order valence-electron chi connectivity index (χ3n) is 9.75. The number of aliphatic imine (C=N–C) groups is 1. The highest BCUT2D eigenvalue weighted by molar-refractivity contribution is 6.15. The van der Waals surface area contributed by atoms with Crippen LogP contribution in [-0.4, -0.2) is 52.6 Å². The number of carbonyl (C=O) groups excluding carboxylic acids is 3. The van der Waals surface area contributed by atoms with E-state index in [1.807, 2.05) is 42.5 Å². The third-order valence-corrected chi connectivity index (χ3v) is 9.75. The van der Waals surface area contributed by atoms with Gasteiger partial charge in [-0.3, -0.25) is 19.4 Å². The van der Waals surface area contributed by atoms with E-state index < -0.39 is 34.2 Å². The molecule has 4 aliphatic rings. The number of benzene rings is 3. The lowest BCUT2D eigenvalue weighted by atomic mass is 9.81. The van der Waals surface area contributed by atoms with Crippen molar-refractivity contribution in [2.45, 2.75) is 62.1 Å². The first-order valence-corrected chi connectivity index (χ1v) is 15.0. The van der Waals surface area contributed by atoms with Gasteiger partial charge in [0.15, 0.2) is 0 Å². The highest BCUT2D eigenvalue weighted by Gasteiger charge is 2.54. The summed E-state index contributed by atoms with van der Waals surface area (Å²) in [5, 5.41) is 9.24. The normalized spacial score (nSPS) is 25.3. The molecule has 0 aromatic heterocycles. The number of hydrogen-bond acceptors (Lipinski definition) is 5. The topological polar surface area (TPSA) is 103 Å². The monoisotopic (exact) mass is 597 g/mol. The van der Waals surface area contributed by atoms with Crippen molar-refractivity contribution in [2.75, 3.05) is 18.4 Å². The molecule has 2 aliphatic heterocycles. The zero-order chi connectivity index (χ0) is 30.7. The van der Waals surface area contributed by atoms with E-state index in [1.54, 1.807) is 13.0 Å². The van der Waals surface area contributed by atoms with Gasteiger partial charge in [0, 0.05) is 36.7 Å². The van der Waals surface area contributed by atoms with Gasteiger partial charge in [-0.2, -0.15) is 0 Å². The van der Waals surface area contributed by atoms with Gasteiger partial charge in [-0.05, 0) is 60.7 Å². The van der Waals surface area contributed by atoms with Crippen LogP contribution in [0.1, 0.15) is 54.9 Å². The average Bonchev–Trinajstić information content (AvgIpc) is 3.71. The molecule has 2 spiro atoms. The Hall–Kier alpha value is -4.44. The smallest absolute Gasteiger partial charge is 0.254 e. The number of fused-ring (bicyclic) bond motifs is 1. The number of amides is 3. The van der Waals surface area contributed by atoms with Crippen molar-refractivity contribution < 1.29 is 23.2 Å². The van der Waals surface area contributed by atoms with Gasteiger partial charge in [-0.25, -0.2) is 8.78 Å². The Labute approximate surface area is 253 Å². The Bertz CT molecular complexity index is 1700. The van der Waals surface area contributed by atoms with Crippen LogP contribution in [0.3, 0.4) is 0 Å². The van der Waals surface area contributed by atoms with Crippen molar-refractivity contribution >= 4 is 29.2 Å². The number of piperazine rings is 1. The largest absolute Gasteiger partial charge is 0.325 e. The number of nitrogens with zero attached hydrogens (tertiary/aromatic N) is 2. The van der Waals surface area contributed by atoms with Crippen LogP contribution in [0.2, 0.25) is 0 Å². The molecule has 2 atom stereocenters. The lowest BCUT2D eigenvalue weighted by Crippen LogP contribution is -2.71. The van der Waals surface area contributed by atoms with Gasteiger partial charge in [-0.1, -0.05) is 49.2 Å². The quantitative estimate of drug-likeness (QED) is 0.414. The molecular weight excluding hydrogens is 564 g/mol. The minimum Gasteiger partial charge on any atom is -0.325 e. The van der Waals surface area contributed by atoms with E-state index in [2.05, 4.69) is 16.0 Å². The van der Waals surface area contributed by atoms with E-state index in [9.17, 15) is 23.2 Å². The van der Waals surface area contributed by atoms with E-state index in [-0.39, 0.29) is 30.5 Å². The molecule has 2 aliphatic carbocycles. The number of halogens is 2. The van der Waals surface area contributed by atoms with E-state index in [4.69, 9.17) is 4.99 Å². The van der Waals surface area contributed by atoms with Crippen LogP contribution in [-0.2, 0) is 32.8 Å². The van der Waals surface area contributed by atoms with Crippen LogP contribution < -0.4 is 16.0 Å². The molecule has 3 amide bonds. The molecule has 226 valence electrons. The number of hydrogen-bond donors (Lipinski definition) is 3. The summed E-state index contributed by atoms with van der Waals surface area (Å²) < 4.78 is 28.6. The molecule has 44 heavy (non-hydrogen) atoms. The summed E-state index contributed by atoms with van der Waals surface area (Å²) >= 11 is 0. The highest BCUT2D eigenvalue weighted by atomic mass is 19.1. The van der Waals surface area contributed by atoms with Crippen molar-refractivity contribution in [1.29, 1.82) is 0 Å². The average molecular weight is 598 g/mol. The van der Waals surface area contributed by atoms with Gasteiger partial charge in [0.1, 0.15) is 29.6 Å². The first-order chi connectivity index (χ1) is 21.1. The Morgan fingerprint density at radius 1 is 0.955 bits per heavy atom. The Morgan fingerprint density at radius 3 is 2.39 bits per heavy atom. The molecule has 0 radical (unpaired) electrons. The van der Waals surface area contributed by atoms with Crippen LogP contribution in [0.25, 0.3) is 0 Å². The van der Waals surface area contributed by atoms with E-state index in [0.717, 1.165) is 35.6 Å². The number of rotatable bonds is 5. The Kier molecular flexibility index (Phi) is 6.65. The van der Waals surface area contributed by atoms with Gasteiger partial charge >= 0.3 is 0 Å². The fraction of sp³-hybridized carbons (Fsp3) is 0.353. The molecule has 8 nitrogen and oxygen atoms in total. The first-order valence-electron chi connectivity index (χ1n) is 15.0. The second-order valence-corrected chi connectivity index (χ2v) is 12.7. The molecule has 3 N–H and O–H groups in total. The lowest BCUT2D eigenvalue weighted by molar-refractivity contribution is -0.153. The lowest BCUT2D eigenvalue weighted by Gasteiger charge is -2.51. The molecule has 3 aromatic carbocycles. The number of nitrogens with one attached hydrogen (secondary N) is 3. The molecule has 1 saturated carbocycles. The second kappa shape index (κ2) is 10.3. The van der Waals surface area contributed by atoms with Gasteiger partial charge in [-0.15, -0.1) is 0 Å². The summed E-state index contributed by atoms with van der Waals surface area (Å²) in [7, 11) is 0. The van der Waals surface area contributed by atoms with Crippen LogP contribution in [0.4, 0.5) is 14.5 Å². The van der Waals surface area contributed by atoms with Crippen molar-refractivity contribution in [1.82, 2.24) is 15.5 Å². The highest BCUT2D eigenvalue weighted by Crippen LogP contribution is 2.41. The molecule has 0 bridgehead atoms. The van der Waals surface area contributed by atoms with E-state index >= 15 is 0 Å². The van der Waals surface area contributed by atoms with E-state index in [0.29, 0.717) is 37.2 Å². The maximum atomic E-state index is 14.3. The summed E-state index contributed by atoms with van der Waals surface area (Å²) in [5.74, 6) is -1.74. The number of anilines is 1. The predicted molar refractivity (Wildman–Crippen MR) is 161 cm³/mol. The Balaban J connectivity index is 1.12. The van der Waals surface area contributed by atoms with Crippen molar-refractivity contribution in [2.24, 2.45) is 4.99 Å². The van der Waals surface area contributed by atoms with Gasteiger partial charge in [0.25, 0.3) is 5.91 Å². The van der Waals surface area contributed by atoms with Gasteiger partial charge < -0.3 is 20.9 Å². The maximum Gasteiger partial charge on any atom is 0.254 e. The summed E-state index contributed by atoms with van der Waals surface area (Å²) in [6.07, 6.45) is 3.92. The second-order valence-electron chi connectivity index (χ2n) is 12.7. The van der Waals surface area contributed by atoms with Crippen molar-refractivity contribution in [3.63, 3.8) is 0 Å². The summed E-state index contributed by atoms with van der Waals surface area (Å²) in [6, 6.07) is 18.3. The fourth-order valence-corrected chi connectivity index (χ4v) is 7.30. The standard InChI is InChI=1S/C34H33F2N5O3/c1-32(24-14-25(35)16-26(36)15-24)20-37-33(11-5-6-12-33)31(44)41(32)19-28(42)38-27-10-9-22-17-34(18-23(22)13-27)30(43)39-29(40-34)21-7-3-2-4-8-21/h2-4,7-10,13-16,37H,5-6,11-12,17-20H2,1H3,(H,38,42)(H,39,40,43)/t32-,34?/m0/s1. The molecule has 7 rings (SSSR count). The van der Waals surface area contributed by atoms with Crippen LogP contribution in [0.15, 0.2) is 71.7 Å². The van der Waals surface area contributed by atoms with Gasteiger partial charge in [0.05, 0.1) is 11.1 Å². The molecule has 3 aromatic rings. The minimum atomic E-state index is -1.15. The number of carbonyl (C=O) groups is 3. The molecule has 2 heterocycles. The van der Waals surface area contributed by atoms with E-state index in [1.165, 1.54) is 17.0 Å². The van der Waals surface area contributed by atoms with Gasteiger partial charge in [0.2, 0.25) is 11.8 Å². The molecule has 1 unspecified atom stereocenters. The molecule has 2 fully saturated rings. The summed E-state index contributed by atoms with van der Waals surface area (Å²) in [5.41, 5.74) is 0.695. The predicted octanol–water partition coefficient (Wildman–Crippen LogP) is 3.98. The Morgan fingerprint density at radius 2 is 1.66 bits per heavy atom. The SMILES string of the molecule is C[C@@]1(c2cc(F)cc(F)c2)CNC2(CCCC2)C(=O)N1CC(=O)Nc1ccc2c(c1)CC1(C2)N=C(c2ccccc2)NC1=O. The summed E-state index contributed by atoms with van der Waals surface area (Å²) in [6.45, 7) is 1.70. The fourth-order valence-electron chi connectivity index (χ4n) is 7.30. The zero-order valence-electron chi connectivity index (χ0n) is 24.4.